The van der Waals surface area contributed by atoms with Gasteiger partial charge in [-0.1, -0.05) is 6.08 Å². The maximum atomic E-state index is 13.2. The molecule has 0 atom stereocenters. The number of hydrogen-bond donors (Lipinski definition) is 1. The Morgan fingerprint density at radius 1 is 1.21 bits per heavy atom. The van der Waals surface area contributed by atoms with Crippen LogP contribution in [0.4, 0.5) is 17.3 Å². The molecular formula is C28H38N8O2. The molecule has 1 aliphatic heterocycles. The Morgan fingerprint density at radius 3 is 2.55 bits per heavy atom. The van der Waals surface area contributed by atoms with Crippen molar-refractivity contribution in [2.45, 2.75) is 47.2 Å². The normalized spacial score (nSPS) is 15.1. The predicted molar refractivity (Wildman–Crippen MR) is 154 cm³/mol. The smallest absolute Gasteiger partial charge is 0.278 e. The van der Waals surface area contributed by atoms with Crippen molar-refractivity contribution in [1.29, 1.82) is 0 Å². The number of carbonyl (C=O) groups excluding carboxylic acids is 1. The highest BCUT2D eigenvalue weighted by Gasteiger charge is 2.19. The van der Waals surface area contributed by atoms with Crippen LogP contribution < -0.4 is 15.8 Å². The topological polar surface area (TPSA) is 91.5 Å². The average Bonchev–Trinajstić information content (AvgIpc) is 3.17. The first-order valence-corrected chi connectivity index (χ1v) is 13.1. The van der Waals surface area contributed by atoms with Gasteiger partial charge in [-0.2, -0.15) is 4.98 Å². The van der Waals surface area contributed by atoms with E-state index in [0.717, 1.165) is 38.3 Å². The fourth-order valence-corrected chi connectivity index (χ4v) is 4.69. The minimum absolute atomic E-state index is 0.0414. The Hall–Kier alpha value is -3.92. The van der Waals surface area contributed by atoms with Crippen LogP contribution in [0, 0.1) is 6.92 Å². The number of likely N-dealkylation sites (N-methyl/N-ethyl adjacent to an activating group) is 1. The molecule has 38 heavy (non-hydrogen) atoms. The molecule has 0 saturated carbocycles. The molecule has 0 aliphatic carbocycles. The number of nitrogens with zero attached hydrogens (tertiary/aromatic N) is 7. The fourth-order valence-electron chi connectivity index (χ4n) is 4.69. The third-order valence-corrected chi connectivity index (χ3v) is 6.85. The van der Waals surface area contributed by atoms with E-state index in [1.54, 1.807) is 26.7 Å². The molecule has 3 heterocycles. The van der Waals surface area contributed by atoms with Gasteiger partial charge in [0.1, 0.15) is 5.39 Å². The molecule has 1 amide bonds. The summed E-state index contributed by atoms with van der Waals surface area (Å²) >= 11 is 0. The van der Waals surface area contributed by atoms with E-state index in [1.165, 1.54) is 11.3 Å². The minimum Gasteiger partial charge on any atom is -0.369 e. The van der Waals surface area contributed by atoms with Crippen molar-refractivity contribution in [3.63, 3.8) is 0 Å². The van der Waals surface area contributed by atoms with Crippen molar-refractivity contribution in [3.05, 3.63) is 58.7 Å². The van der Waals surface area contributed by atoms with Gasteiger partial charge in [0.15, 0.2) is 5.65 Å². The summed E-state index contributed by atoms with van der Waals surface area (Å²) in [6, 6.07) is 6.23. The van der Waals surface area contributed by atoms with Gasteiger partial charge in [0, 0.05) is 62.5 Å². The summed E-state index contributed by atoms with van der Waals surface area (Å²) in [7, 11) is 2.15. The van der Waals surface area contributed by atoms with Gasteiger partial charge in [0.2, 0.25) is 12.4 Å². The Kier molecular flexibility index (Phi) is 8.31. The van der Waals surface area contributed by atoms with Crippen LogP contribution in [0.25, 0.3) is 16.7 Å². The summed E-state index contributed by atoms with van der Waals surface area (Å²) in [5, 5.41) is 3.72. The van der Waals surface area contributed by atoms with Crippen LogP contribution in [0.2, 0.25) is 0 Å². The lowest BCUT2D eigenvalue weighted by Crippen LogP contribution is -2.44. The molecule has 202 valence electrons. The van der Waals surface area contributed by atoms with Gasteiger partial charge < -0.3 is 20.0 Å². The highest BCUT2D eigenvalue weighted by molar-refractivity contribution is 5.80. The molecule has 0 unspecified atom stereocenters. The van der Waals surface area contributed by atoms with E-state index < -0.39 is 0 Å². The Morgan fingerprint density at radius 2 is 1.95 bits per heavy atom. The first kappa shape index (κ1) is 27.1. The summed E-state index contributed by atoms with van der Waals surface area (Å²) < 4.78 is 3.36. The second kappa shape index (κ2) is 11.6. The number of nitrogens with one attached hydrogen (secondary N) is 1. The Balaban J connectivity index is 1.72. The van der Waals surface area contributed by atoms with Gasteiger partial charge in [-0.05, 0) is 71.5 Å². The van der Waals surface area contributed by atoms with E-state index in [-0.39, 0.29) is 11.6 Å². The number of aryl methyl sites for hydroxylation is 1. The summed E-state index contributed by atoms with van der Waals surface area (Å²) in [4.78, 5) is 40.4. The number of anilines is 3. The number of carbonyl (C=O) groups is 1. The van der Waals surface area contributed by atoms with Crippen molar-refractivity contribution < 1.29 is 4.79 Å². The molecule has 1 fully saturated rings. The molecule has 0 spiro atoms. The van der Waals surface area contributed by atoms with E-state index in [1.807, 2.05) is 45.9 Å². The molecule has 0 bridgehead atoms. The van der Waals surface area contributed by atoms with Crippen molar-refractivity contribution in [1.82, 2.24) is 29.1 Å². The van der Waals surface area contributed by atoms with Crippen LogP contribution in [0.5, 0.6) is 0 Å². The standard InChI is InChI=1S/C28H38N8O2/c1-7-9-23(18-34(19-37)20(3)4)36-26-24(27(38)35(36)8-2)17-29-28(31-26)30-22-10-11-25(21(5)16-22)33-14-12-32(6)13-15-33/h7,9-11,16-20H,8,12-15H2,1-6H3,(H,29,30,31)/b9-7-,23-18+. The number of piperazine rings is 1. The second-order valence-corrected chi connectivity index (χ2v) is 9.88. The molecule has 1 saturated heterocycles. The van der Waals surface area contributed by atoms with Gasteiger partial charge in [-0.15, -0.1) is 0 Å². The number of rotatable bonds is 9. The van der Waals surface area contributed by atoms with Crippen molar-refractivity contribution in [2.24, 2.45) is 0 Å². The third-order valence-electron chi connectivity index (χ3n) is 6.85. The molecule has 1 aliphatic rings. The molecule has 4 rings (SSSR count). The first-order chi connectivity index (χ1) is 18.3. The zero-order valence-electron chi connectivity index (χ0n) is 23.2. The SMILES string of the molecule is C/C=C\C(=C/N(C=O)C(C)C)n1c2nc(Nc3ccc(N4CCN(C)CC4)c(C)c3)ncc2c(=O)n1CC. The van der Waals surface area contributed by atoms with Crippen LogP contribution in [0.1, 0.15) is 33.3 Å². The summed E-state index contributed by atoms with van der Waals surface area (Å²) in [6.07, 6.45) is 7.81. The van der Waals surface area contributed by atoms with Crippen LogP contribution in [0.3, 0.4) is 0 Å². The highest BCUT2D eigenvalue weighted by atomic mass is 16.1. The quantitative estimate of drug-likeness (QED) is 0.341. The van der Waals surface area contributed by atoms with E-state index in [2.05, 4.69) is 46.2 Å². The number of benzene rings is 1. The first-order valence-electron chi connectivity index (χ1n) is 13.1. The molecule has 10 nitrogen and oxygen atoms in total. The minimum atomic E-state index is -0.181. The van der Waals surface area contributed by atoms with Gasteiger partial charge in [0.05, 0.1) is 5.70 Å². The second-order valence-electron chi connectivity index (χ2n) is 9.88. The largest absolute Gasteiger partial charge is 0.369 e. The number of hydrogen-bond acceptors (Lipinski definition) is 7. The van der Waals surface area contributed by atoms with Gasteiger partial charge >= 0.3 is 0 Å². The lowest BCUT2D eigenvalue weighted by Gasteiger charge is -2.35. The lowest BCUT2D eigenvalue weighted by molar-refractivity contribution is -0.117. The maximum Gasteiger partial charge on any atom is 0.278 e. The number of aromatic nitrogens is 4. The van der Waals surface area contributed by atoms with Crippen molar-refractivity contribution in [3.8, 4) is 0 Å². The van der Waals surface area contributed by atoms with Crippen LogP contribution in [0.15, 0.2) is 47.5 Å². The molecule has 3 aromatic rings. The van der Waals surface area contributed by atoms with Crippen LogP contribution in [-0.4, -0.2) is 74.8 Å². The maximum absolute atomic E-state index is 13.2. The zero-order valence-corrected chi connectivity index (χ0v) is 23.2. The molecule has 10 heteroatoms. The molecule has 2 aromatic heterocycles. The average molecular weight is 519 g/mol. The number of allylic oxidation sites excluding steroid dienone is 3. The number of amides is 1. The summed E-state index contributed by atoms with van der Waals surface area (Å²) in [5.74, 6) is 0.391. The predicted octanol–water partition coefficient (Wildman–Crippen LogP) is 3.66. The van der Waals surface area contributed by atoms with Crippen molar-refractivity contribution >= 4 is 40.5 Å². The van der Waals surface area contributed by atoms with E-state index in [4.69, 9.17) is 4.98 Å². The van der Waals surface area contributed by atoms with Crippen LogP contribution in [-0.2, 0) is 11.3 Å². The molecular weight excluding hydrogens is 480 g/mol. The lowest BCUT2D eigenvalue weighted by atomic mass is 10.1. The summed E-state index contributed by atoms with van der Waals surface area (Å²) in [5.41, 5.74) is 4.23. The zero-order chi connectivity index (χ0) is 27.4. The monoisotopic (exact) mass is 518 g/mol. The summed E-state index contributed by atoms with van der Waals surface area (Å²) in [6.45, 7) is 14.3. The van der Waals surface area contributed by atoms with Gasteiger partial charge in [-0.3, -0.25) is 9.59 Å². The van der Waals surface area contributed by atoms with Crippen molar-refractivity contribution in [2.75, 3.05) is 43.4 Å². The Bertz CT molecular complexity index is 1410. The van der Waals surface area contributed by atoms with Crippen LogP contribution >= 0.6 is 0 Å². The van der Waals surface area contributed by atoms with E-state index in [0.29, 0.717) is 29.2 Å². The van der Waals surface area contributed by atoms with Gasteiger partial charge in [0.25, 0.3) is 5.56 Å². The van der Waals surface area contributed by atoms with E-state index in [9.17, 15) is 9.59 Å². The highest BCUT2D eigenvalue weighted by Crippen LogP contribution is 2.26. The molecule has 1 aromatic carbocycles. The van der Waals surface area contributed by atoms with Gasteiger partial charge in [-0.25, -0.2) is 14.3 Å². The molecule has 0 radical (unpaired) electrons. The number of fused-ring (bicyclic) bond motifs is 1. The molecule has 1 N–H and O–H groups in total. The fraction of sp³-hybridized carbons (Fsp3) is 0.429. The van der Waals surface area contributed by atoms with E-state index >= 15 is 0 Å². The third kappa shape index (κ3) is 5.50. The Labute approximate surface area is 223 Å².